The Morgan fingerprint density at radius 3 is 2.00 bits per heavy atom. The molecule has 2 N–H and O–H groups in total. The summed E-state index contributed by atoms with van der Waals surface area (Å²) in [6, 6.07) is 0. The minimum atomic E-state index is 0.309. The molecule has 0 heterocycles. The first-order valence-electron chi connectivity index (χ1n) is 6.37. The molecule has 0 aliphatic rings. The van der Waals surface area contributed by atoms with Gasteiger partial charge in [-0.3, -0.25) is 0 Å². The Balaban J connectivity index is 4.99. The van der Waals surface area contributed by atoms with E-state index < -0.39 is 0 Å². The number of hydrogen-bond acceptors (Lipinski definition) is 1. The van der Waals surface area contributed by atoms with Crippen LogP contribution < -0.4 is 5.73 Å². The van der Waals surface area contributed by atoms with Gasteiger partial charge in [0, 0.05) is 5.70 Å². The van der Waals surface area contributed by atoms with E-state index in [1.165, 1.54) is 19.3 Å². The van der Waals surface area contributed by atoms with Gasteiger partial charge in [0.05, 0.1) is 0 Å². The molecule has 0 saturated heterocycles. The van der Waals surface area contributed by atoms with Gasteiger partial charge in [-0.05, 0) is 30.1 Å². The second-order valence-corrected chi connectivity index (χ2v) is 5.29. The number of hydrogen-bond donors (Lipinski definition) is 1. The highest BCUT2D eigenvalue weighted by molar-refractivity contribution is 5.09. The fourth-order valence-corrected chi connectivity index (χ4v) is 2.18. The van der Waals surface area contributed by atoms with Gasteiger partial charge in [-0.1, -0.05) is 54.0 Å². The zero-order chi connectivity index (χ0) is 12.1. The van der Waals surface area contributed by atoms with Crippen LogP contribution in [0.15, 0.2) is 11.8 Å². The molecule has 90 valence electrons. The highest BCUT2D eigenvalue weighted by Crippen LogP contribution is 2.39. The molecule has 0 aromatic rings. The van der Waals surface area contributed by atoms with Crippen LogP contribution in [0.1, 0.15) is 60.8 Å². The molecule has 0 fully saturated rings. The molecule has 0 aliphatic heterocycles. The van der Waals surface area contributed by atoms with Gasteiger partial charge in [-0.2, -0.15) is 0 Å². The minimum Gasteiger partial charge on any atom is -0.402 e. The summed E-state index contributed by atoms with van der Waals surface area (Å²) in [5.41, 5.74) is 7.47. The average Bonchev–Trinajstić information content (AvgIpc) is 2.16. The summed E-state index contributed by atoms with van der Waals surface area (Å²) in [7, 11) is 0. The molecule has 1 heteroatoms. The lowest BCUT2D eigenvalue weighted by Crippen LogP contribution is -2.26. The molecule has 0 aliphatic carbocycles. The first kappa shape index (κ1) is 14.5. The molecule has 0 saturated carbocycles. The van der Waals surface area contributed by atoms with Crippen LogP contribution >= 0.6 is 0 Å². The Kier molecular flexibility index (Phi) is 6.00. The van der Waals surface area contributed by atoms with E-state index in [4.69, 9.17) is 5.73 Å². The van der Waals surface area contributed by atoms with Crippen molar-refractivity contribution in [2.75, 3.05) is 0 Å². The quantitative estimate of drug-likeness (QED) is 0.695. The van der Waals surface area contributed by atoms with Crippen molar-refractivity contribution in [2.45, 2.75) is 60.8 Å². The van der Waals surface area contributed by atoms with Gasteiger partial charge in [-0.15, -0.1) is 0 Å². The van der Waals surface area contributed by atoms with Gasteiger partial charge in [0.25, 0.3) is 0 Å². The van der Waals surface area contributed by atoms with Gasteiger partial charge in [0.15, 0.2) is 0 Å². The van der Waals surface area contributed by atoms with E-state index in [-0.39, 0.29) is 0 Å². The van der Waals surface area contributed by atoms with Crippen LogP contribution in [0, 0.1) is 17.3 Å². The number of allylic oxidation sites excluding steroid dienone is 2. The molecule has 0 spiro atoms. The molecule has 1 nitrogen and oxygen atoms in total. The normalized spacial score (nSPS) is 17.2. The largest absolute Gasteiger partial charge is 0.402 e. The molecule has 1 atom stereocenters. The monoisotopic (exact) mass is 211 g/mol. The summed E-state index contributed by atoms with van der Waals surface area (Å²) >= 11 is 0. The molecule has 0 aromatic carbocycles. The van der Waals surface area contributed by atoms with Gasteiger partial charge < -0.3 is 5.73 Å². The first-order chi connectivity index (χ1) is 6.89. The summed E-state index contributed by atoms with van der Waals surface area (Å²) in [5.74, 6) is 1.13. The summed E-state index contributed by atoms with van der Waals surface area (Å²) in [6.45, 7) is 13.5. The Hall–Kier alpha value is -0.460. The molecule has 0 aromatic heterocycles. The van der Waals surface area contributed by atoms with Gasteiger partial charge in [0.1, 0.15) is 0 Å². The number of nitrogens with two attached hydrogens (primary N) is 1. The molecule has 1 unspecified atom stereocenters. The van der Waals surface area contributed by atoms with Crippen molar-refractivity contribution in [2.24, 2.45) is 23.0 Å². The fourth-order valence-electron chi connectivity index (χ4n) is 2.18. The van der Waals surface area contributed by atoms with Crippen LogP contribution in [0.3, 0.4) is 0 Å². The molecule has 15 heavy (non-hydrogen) atoms. The van der Waals surface area contributed by atoms with E-state index in [1.807, 2.05) is 0 Å². The van der Waals surface area contributed by atoms with E-state index in [2.05, 4.69) is 47.6 Å². The van der Waals surface area contributed by atoms with E-state index in [9.17, 15) is 0 Å². The Bertz CT molecular complexity index is 203. The lowest BCUT2D eigenvalue weighted by Gasteiger charge is -2.35. The van der Waals surface area contributed by atoms with Crippen LogP contribution in [-0.4, -0.2) is 0 Å². The third-order valence-electron chi connectivity index (χ3n) is 3.64. The maximum Gasteiger partial charge on any atom is 0.00716 e. The van der Waals surface area contributed by atoms with Crippen LogP contribution in [0.4, 0.5) is 0 Å². The maximum absolute atomic E-state index is 6.11. The Morgan fingerprint density at radius 1 is 1.20 bits per heavy atom. The van der Waals surface area contributed by atoms with E-state index >= 15 is 0 Å². The Labute approximate surface area is 96.1 Å². The van der Waals surface area contributed by atoms with Crippen LogP contribution in [0.25, 0.3) is 0 Å². The molecule has 0 rings (SSSR count). The highest BCUT2D eigenvalue weighted by Gasteiger charge is 2.29. The third-order valence-corrected chi connectivity index (χ3v) is 3.64. The number of rotatable bonds is 6. The van der Waals surface area contributed by atoms with E-state index in [1.54, 1.807) is 0 Å². The lowest BCUT2D eigenvalue weighted by molar-refractivity contribution is 0.229. The van der Waals surface area contributed by atoms with Crippen molar-refractivity contribution in [3.05, 3.63) is 11.8 Å². The lowest BCUT2D eigenvalue weighted by atomic mass is 9.71. The summed E-state index contributed by atoms with van der Waals surface area (Å²) in [5, 5.41) is 0. The SMILES string of the molecule is CCCC(/C=C(/N)C(C)C)(CC)C(C)C. The predicted octanol–water partition coefficient (Wildman–Crippen LogP) is 4.34. The summed E-state index contributed by atoms with van der Waals surface area (Å²) in [4.78, 5) is 0. The van der Waals surface area contributed by atoms with Crippen molar-refractivity contribution >= 4 is 0 Å². The molecular formula is C14H29N. The predicted molar refractivity (Wildman–Crippen MR) is 69.6 cm³/mol. The van der Waals surface area contributed by atoms with Crippen molar-refractivity contribution in [3.63, 3.8) is 0 Å². The molecule has 0 amide bonds. The first-order valence-corrected chi connectivity index (χ1v) is 6.37. The van der Waals surface area contributed by atoms with Crippen molar-refractivity contribution in [1.82, 2.24) is 0 Å². The van der Waals surface area contributed by atoms with E-state index in [0.29, 0.717) is 17.3 Å². The maximum atomic E-state index is 6.11. The summed E-state index contributed by atoms with van der Waals surface area (Å²) in [6.07, 6.45) is 6.00. The van der Waals surface area contributed by atoms with Gasteiger partial charge >= 0.3 is 0 Å². The van der Waals surface area contributed by atoms with Crippen molar-refractivity contribution in [1.29, 1.82) is 0 Å². The van der Waals surface area contributed by atoms with Crippen molar-refractivity contribution < 1.29 is 0 Å². The minimum absolute atomic E-state index is 0.309. The molecule has 0 bridgehead atoms. The average molecular weight is 211 g/mol. The fraction of sp³-hybridized carbons (Fsp3) is 0.857. The zero-order valence-electron chi connectivity index (χ0n) is 11.4. The smallest absolute Gasteiger partial charge is 0.00716 e. The molecular weight excluding hydrogens is 182 g/mol. The third kappa shape index (κ3) is 3.89. The highest BCUT2D eigenvalue weighted by atomic mass is 14.6. The topological polar surface area (TPSA) is 26.0 Å². The van der Waals surface area contributed by atoms with Gasteiger partial charge in [-0.25, -0.2) is 0 Å². The Morgan fingerprint density at radius 2 is 1.73 bits per heavy atom. The van der Waals surface area contributed by atoms with Crippen LogP contribution in [-0.2, 0) is 0 Å². The van der Waals surface area contributed by atoms with Crippen molar-refractivity contribution in [3.8, 4) is 0 Å². The second-order valence-electron chi connectivity index (χ2n) is 5.29. The zero-order valence-corrected chi connectivity index (χ0v) is 11.4. The summed E-state index contributed by atoms with van der Waals surface area (Å²) < 4.78 is 0. The molecule has 0 radical (unpaired) electrons. The van der Waals surface area contributed by atoms with Gasteiger partial charge in [0.2, 0.25) is 0 Å². The van der Waals surface area contributed by atoms with E-state index in [0.717, 1.165) is 5.70 Å². The van der Waals surface area contributed by atoms with Crippen LogP contribution in [0.5, 0.6) is 0 Å². The standard InChI is InChI=1S/C14H29N/c1-7-9-14(8-2,12(5)6)10-13(15)11(3)4/h10-12H,7-9,15H2,1-6H3/b13-10+. The van der Waals surface area contributed by atoms with Crippen LogP contribution in [0.2, 0.25) is 0 Å². The second kappa shape index (κ2) is 6.19.